The number of amides is 1. The first kappa shape index (κ1) is 26.3. The molecule has 1 aliphatic carbocycles. The van der Waals surface area contributed by atoms with E-state index in [9.17, 15) is 25.2 Å². The van der Waals surface area contributed by atoms with Gasteiger partial charge >= 0.3 is 12.1 Å². The van der Waals surface area contributed by atoms with Crippen molar-refractivity contribution in [1.82, 2.24) is 9.78 Å². The minimum Gasteiger partial charge on any atom is -0.481 e. The summed E-state index contributed by atoms with van der Waals surface area (Å²) in [6.07, 6.45) is 1.09. The van der Waals surface area contributed by atoms with Crippen LogP contribution in [0.1, 0.15) is 57.9 Å². The quantitative estimate of drug-likeness (QED) is 0.281. The number of carbonyl (C=O) groups excluding carboxylic acids is 1. The number of carboxylic acids is 1. The predicted octanol–water partition coefficient (Wildman–Crippen LogP) is 5.92. The molecule has 5 rings (SSSR count). The largest absolute Gasteiger partial charge is 0.481 e. The summed E-state index contributed by atoms with van der Waals surface area (Å²) < 4.78 is 7.59. The van der Waals surface area contributed by atoms with Crippen LogP contribution in [0.25, 0.3) is 9.40 Å². The maximum absolute atomic E-state index is 12.6. The number of nitrogens with one attached hydrogen (secondary N) is 1. The van der Waals surface area contributed by atoms with Gasteiger partial charge in [0.25, 0.3) is 0 Å². The van der Waals surface area contributed by atoms with Gasteiger partial charge in [0.1, 0.15) is 29.5 Å². The zero-order valence-electron chi connectivity index (χ0n) is 20.5. The van der Waals surface area contributed by atoms with Gasteiger partial charge in [-0.1, -0.05) is 35.7 Å². The van der Waals surface area contributed by atoms with Crippen molar-refractivity contribution < 1.29 is 19.4 Å². The lowest BCUT2D eigenvalue weighted by Gasteiger charge is -2.15. The number of benzene rings is 1. The van der Waals surface area contributed by atoms with Gasteiger partial charge in [-0.2, -0.15) is 15.6 Å². The lowest BCUT2D eigenvalue weighted by atomic mass is 9.99. The number of aliphatic carboxylic acids is 1. The van der Waals surface area contributed by atoms with Crippen LogP contribution in [0.3, 0.4) is 0 Å². The minimum atomic E-state index is -1.04. The normalized spacial score (nSPS) is 14.0. The Kier molecular flexibility index (Phi) is 6.80. The van der Waals surface area contributed by atoms with Crippen molar-refractivity contribution in [2.24, 2.45) is 7.05 Å². The number of carbonyl (C=O) groups is 2. The third kappa shape index (κ3) is 4.60. The Morgan fingerprint density at radius 3 is 2.56 bits per heavy atom. The molecule has 1 atom stereocenters. The van der Waals surface area contributed by atoms with E-state index in [1.54, 1.807) is 38.2 Å². The summed E-state index contributed by atoms with van der Waals surface area (Å²) in [7, 11) is 1.64. The van der Waals surface area contributed by atoms with E-state index < -0.39 is 23.6 Å². The molecule has 2 N–H and O–H groups in total. The molecule has 1 unspecified atom stereocenters. The molecule has 0 bridgehead atoms. The van der Waals surface area contributed by atoms with Crippen LogP contribution in [0.2, 0.25) is 5.02 Å². The zero-order valence-corrected chi connectivity index (χ0v) is 22.9. The summed E-state index contributed by atoms with van der Waals surface area (Å²) in [6.45, 7) is 1.71. The van der Waals surface area contributed by atoms with E-state index in [0.717, 1.165) is 0 Å². The highest BCUT2D eigenvalue weighted by molar-refractivity contribution is 7.39. The Labute approximate surface area is 235 Å². The van der Waals surface area contributed by atoms with Crippen LogP contribution in [-0.2, 0) is 22.0 Å². The van der Waals surface area contributed by atoms with Crippen LogP contribution >= 0.6 is 34.3 Å². The monoisotopic (exact) mass is 575 g/mol. The van der Waals surface area contributed by atoms with Crippen molar-refractivity contribution >= 4 is 61.6 Å². The topological polar surface area (TPSA) is 141 Å². The standard InChI is InChI=1S/C27H18ClN5O4S2/c1-14(16-5-3-4-6-19(16)28)37-26(36)32-23-15(13-31-33(23)2)7-8-20-17(11-29)21-18(12-30)22(39-24(21)38-20)27(9-10-27)25(34)35/h3-6,13-14H,9-10H2,1-2H3,(H,32,36)(H,34,35). The molecule has 194 valence electrons. The van der Waals surface area contributed by atoms with Crippen LogP contribution in [0.4, 0.5) is 10.6 Å². The lowest BCUT2D eigenvalue weighted by molar-refractivity contribution is -0.139. The van der Waals surface area contributed by atoms with Crippen LogP contribution in [-0.4, -0.2) is 26.9 Å². The number of nitriles is 2. The number of hydrogen-bond donors (Lipinski definition) is 2. The van der Waals surface area contributed by atoms with E-state index in [4.69, 9.17) is 16.3 Å². The summed E-state index contributed by atoms with van der Waals surface area (Å²) in [6, 6.07) is 11.3. The summed E-state index contributed by atoms with van der Waals surface area (Å²) in [5.74, 6) is 5.26. The van der Waals surface area contributed by atoms with Crippen molar-refractivity contribution in [2.75, 3.05) is 5.32 Å². The zero-order chi connectivity index (χ0) is 27.9. The fraction of sp³-hybridized carbons (Fsp3) is 0.222. The maximum atomic E-state index is 12.6. The number of thiophene rings is 2. The van der Waals surface area contributed by atoms with Gasteiger partial charge in [0.05, 0.1) is 31.8 Å². The van der Waals surface area contributed by atoms with E-state index in [0.29, 0.717) is 54.0 Å². The summed E-state index contributed by atoms with van der Waals surface area (Å²) in [5, 5.41) is 37.2. The Bertz CT molecular complexity index is 1810. The number of ether oxygens (including phenoxy) is 1. The Morgan fingerprint density at radius 2 is 1.92 bits per heavy atom. The summed E-state index contributed by atoms with van der Waals surface area (Å²) >= 11 is 8.67. The molecule has 0 aliphatic heterocycles. The van der Waals surface area contributed by atoms with Crippen LogP contribution in [0.15, 0.2) is 30.5 Å². The van der Waals surface area contributed by atoms with Crippen molar-refractivity contribution in [1.29, 1.82) is 10.5 Å². The highest BCUT2D eigenvalue weighted by atomic mass is 35.5. The van der Waals surface area contributed by atoms with E-state index in [1.807, 2.05) is 0 Å². The number of aromatic nitrogens is 2. The predicted molar refractivity (Wildman–Crippen MR) is 147 cm³/mol. The van der Waals surface area contributed by atoms with Gasteiger partial charge < -0.3 is 9.84 Å². The second kappa shape index (κ2) is 10.1. The molecular formula is C27H18ClN5O4S2. The number of rotatable bonds is 5. The molecular weight excluding hydrogens is 558 g/mol. The van der Waals surface area contributed by atoms with Gasteiger partial charge in [-0.3, -0.25) is 14.8 Å². The molecule has 1 saturated carbocycles. The molecule has 9 nitrogen and oxygen atoms in total. The molecule has 4 aromatic rings. The average molecular weight is 576 g/mol. The number of aryl methyl sites for hydroxylation is 1. The second-order valence-electron chi connectivity index (χ2n) is 8.86. The minimum absolute atomic E-state index is 0.231. The molecule has 3 heterocycles. The fourth-order valence-corrected chi connectivity index (χ4v) is 7.25. The molecule has 0 spiro atoms. The van der Waals surface area contributed by atoms with Crippen molar-refractivity contribution in [2.45, 2.75) is 31.3 Å². The SMILES string of the molecule is CC(OC(=O)Nc1c(C#Cc2sc3sc(C4(C(=O)O)CC4)c(C#N)c3c2C#N)cnn1C)c1ccccc1Cl. The summed E-state index contributed by atoms with van der Waals surface area (Å²) in [5.41, 5.74) is 0.478. The first-order valence-electron chi connectivity index (χ1n) is 11.6. The highest BCUT2D eigenvalue weighted by Gasteiger charge is 2.54. The van der Waals surface area contributed by atoms with Gasteiger partial charge in [0.2, 0.25) is 0 Å². The molecule has 1 fully saturated rings. The average Bonchev–Trinajstić information content (AvgIpc) is 3.40. The third-order valence-electron chi connectivity index (χ3n) is 6.46. The van der Waals surface area contributed by atoms with E-state index >= 15 is 0 Å². The van der Waals surface area contributed by atoms with Gasteiger partial charge in [-0.25, -0.2) is 4.79 Å². The van der Waals surface area contributed by atoms with Crippen molar-refractivity contribution in [3.05, 3.63) is 67.5 Å². The van der Waals surface area contributed by atoms with Gasteiger partial charge in [-0.05, 0) is 31.8 Å². The molecule has 1 aliphatic rings. The van der Waals surface area contributed by atoms with Gasteiger partial charge in [0.15, 0.2) is 0 Å². The van der Waals surface area contributed by atoms with Gasteiger partial charge in [0, 0.05) is 27.9 Å². The molecule has 12 heteroatoms. The lowest BCUT2D eigenvalue weighted by Crippen LogP contribution is -2.19. The molecule has 0 saturated heterocycles. The number of anilines is 1. The Balaban J connectivity index is 1.43. The first-order valence-corrected chi connectivity index (χ1v) is 13.6. The highest BCUT2D eigenvalue weighted by Crippen LogP contribution is 2.55. The number of hydrogen-bond acceptors (Lipinski definition) is 8. The fourth-order valence-electron chi connectivity index (χ4n) is 4.22. The molecule has 1 aromatic carbocycles. The van der Waals surface area contributed by atoms with Crippen LogP contribution in [0, 0.1) is 34.5 Å². The van der Waals surface area contributed by atoms with Crippen molar-refractivity contribution in [3.63, 3.8) is 0 Å². The van der Waals surface area contributed by atoms with E-state index in [-0.39, 0.29) is 11.1 Å². The van der Waals surface area contributed by atoms with Crippen LogP contribution in [0.5, 0.6) is 0 Å². The number of carboxylic acid groups (broad SMARTS) is 1. The third-order valence-corrected chi connectivity index (χ3v) is 9.39. The Hall–Kier alpha value is -4.34. The van der Waals surface area contributed by atoms with E-state index in [1.165, 1.54) is 33.6 Å². The number of fused-ring (bicyclic) bond motifs is 1. The number of halogens is 1. The smallest absolute Gasteiger partial charge is 0.413 e. The Morgan fingerprint density at radius 1 is 1.21 bits per heavy atom. The first-order chi connectivity index (χ1) is 18.7. The maximum Gasteiger partial charge on any atom is 0.413 e. The van der Waals surface area contributed by atoms with Crippen molar-refractivity contribution in [3.8, 4) is 24.0 Å². The molecule has 1 amide bonds. The van der Waals surface area contributed by atoms with E-state index in [2.05, 4.69) is 34.4 Å². The molecule has 39 heavy (non-hydrogen) atoms. The second-order valence-corrected chi connectivity index (χ2v) is 11.6. The van der Waals surface area contributed by atoms with Crippen LogP contribution < -0.4 is 5.32 Å². The van der Waals surface area contributed by atoms with Gasteiger partial charge in [-0.15, -0.1) is 22.7 Å². The molecule has 0 radical (unpaired) electrons. The number of nitrogens with zero attached hydrogens (tertiary/aromatic N) is 4. The summed E-state index contributed by atoms with van der Waals surface area (Å²) in [4.78, 5) is 25.4. The molecule has 3 aromatic heterocycles.